The number of hydrogen-bond donors (Lipinski definition) is 3. The molecule has 0 aromatic rings. The Morgan fingerprint density at radius 3 is 2.62 bits per heavy atom. The van der Waals surface area contributed by atoms with Crippen LogP contribution in [0.3, 0.4) is 0 Å². The van der Waals surface area contributed by atoms with E-state index in [1.807, 2.05) is 0 Å². The van der Waals surface area contributed by atoms with Crippen molar-refractivity contribution in [3.63, 3.8) is 0 Å². The summed E-state index contributed by atoms with van der Waals surface area (Å²) in [5, 5.41) is 22.4. The lowest BCUT2D eigenvalue weighted by Gasteiger charge is -2.39. The molecular weight excluding hydrogens is 166 g/mol. The lowest BCUT2D eigenvalue weighted by Crippen LogP contribution is -2.53. The fourth-order valence-corrected chi connectivity index (χ4v) is 2.31. The van der Waals surface area contributed by atoms with E-state index in [9.17, 15) is 10.2 Å². The van der Waals surface area contributed by atoms with Gasteiger partial charge >= 0.3 is 0 Å². The van der Waals surface area contributed by atoms with Gasteiger partial charge in [0.25, 0.3) is 0 Å². The van der Waals surface area contributed by atoms with Gasteiger partial charge in [0.1, 0.15) is 0 Å². The quantitative estimate of drug-likeness (QED) is 0.596. The van der Waals surface area contributed by atoms with Crippen LogP contribution >= 0.6 is 0 Å². The molecule has 0 amide bonds. The van der Waals surface area contributed by atoms with Crippen LogP contribution in [0.25, 0.3) is 0 Å². The van der Waals surface area contributed by atoms with Gasteiger partial charge in [-0.2, -0.15) is 0 Å². The molecule has 2 saturated carbocycles. The number of hydrogen-bond acceptors (Lipinski definition) is 3. The van der Waals surface area contributed by atoms with Crippen molar-refractivity contribution in [2.24, 2.45) is 0 Å². The standard InChI is InChI=1S/C10H19NO2/c12-7-10(11-8-3-4-8)5-1-2-9(13)6-10/h8-9,11-13H,1-7H2. The third-order valence-corrected chi connectivity index (χ3v) is 3.21. The molecular formula is C10H19NO2. The highest BCUT2D eigenvalue weighted by molar-refractivity contribution is 4.98. The summed E-state index contributed by atoms with van der Waals surface area (Å²) in [6.45, 7) is 0.167. The molecule has 13 heavy (non-hydrogen) atoms. The maximum Gasteiger partial charge on any atom is 0.0614 e. The van der Waals surface area contributed by atoms with Crippen LogP contribution in [0.1, 0.15) is 38.5 Å². The van der Waals surface area contributed by atoms with Crippen LogP contribution in [0.2, 0.25) is 0 Å². The van der Waals surface area contributed by atoms with Crippen molar-refractivity contribution in [1.29, 1.82) is 0 Å². The second-order valence-electron chi connectivity index (χ2n) is 4.61. The van der Waals surface area contributed by atoms with Gasteiger partial charge < -0.3 is 15.5 Å². The normalized spacial score (nSPS) is 40.6. The van der Waals surface area contributed by atoms with E-state index >= 15 is 0 Å². The van der Waals surface area contributed by atoms with Crippen LogP contribution in [0.4, 0.5) is 0 Å². The van der Waals surface area contributed by atoms with Crippen molar-refractivity contribution >= 4 is 0 Å². The molecule has 3 heteroatoms. The van der Waals surface area contributed by atoms with E-state index in [2.05, 4.69) is 5.32 Å². The number of rotatable bonds is 3. The predicted molar refractivity (Wildman–Crippen MR) is 50.4 cm³/mol. The molecule has 76 valence electrons. The Bertz CT molecular complexity index is 178. The molecule has 2 fully saturated rings. The highest BCUT2D eigenvalue weighted by atomic mass is 16.3. The second kappa shape index (κ2) is 3.56. The Hall–Kier alpha value is -0.120. The molecule has 0 bridgehead atoms. The molecule has 2 aliphatic rings. The van der Waals surface area contributed by atoms with Gasteiger partial charge in [-0.3, -0.25) is 0 Å². The summed E-state index contributed by atoms with van der Waals surface area (Å²) in [5.74, 6) is 0. The summed E-state index contributed by atoms with van der Waals surface area (Å²) in [7, 11) is 0. The van der Waals surface area contributed by atoms with E-state index < -0.39 is 0 Å². The monoisotopic (exact) mass is 185 g/mol. The van der Waals surface area contributed by atoms with E-state index in [0.717, 1.165) is 25.7 Å². The predicted octanol–water partition coefficient (Wildman–Crippen LogP) is 0.404. The minimum atomic E-state index is -0.216. The lowest BCUT2D eigenvalue weighted by molar-refractivity contribution is 0.0371. The van der Waals surface area contributed by atoms with Crippen LogP contribution in [0, 0.1) is 0 Å². The Labute approximate surface area is 79.2 Å². The zero-order chi connectivity index (χ0) is 9.31. The molecule has 2 unspecified atom stereocenters. The lowest BCUT2D eigenvalue weighted by atomic mass is 9.80. The molecule has 0 aromatic carbocycles. The van der Waals surface area contributed by atoms with Crippen LogP contribution in [0.5, 0.6) is 0 Å². The third kappa shape index (κ3) is 2.22. The summed E-state index contributed by atoms with van der Waals surface area (Å²) in [6.07, 6.45) is 5.91. The van der Waals surface area contributed by atoms with Gasteiger partial charge in [-0.15, -0.1) is 0 Å². The maximum absolute atomic E-state index is 9.56. The summed E-state index contributed by atoms with van der Waals surface area (Å²) in [6, 6.07) is 0.609. The first-order chi connectivity index (χ1) is 6.24. The first-order valence-corrected chi connectivity index (χ1v) is 5.31. The van der Waals surface area contributed by atoms with Crippen LogP contribution in [0.15, 0.2) is 0 Å². The number of nitrogens with one attached hydrogen (secondary N) is 1. The molecule has 0 aromatic heterocycles. The van der Waals surface area contributed by atoms with Crippen molar-refractivity contribution in [3.8, 4) is 0 Å². The minimum absolute atomic E-state index is 0.167. The minimum Gasteiger partial charge on any atom is -0.394 e. The SMILES string of the molecule is OCC1(NC2CC2)CCCC(O)C1. The topological polar surface area (TPSA) is 52.5 Å². The van der Waals surface area contributed by atoms with Crippen LogP contribution in [-0.4, -0.2) is 34.5 Å². The molecule has 2 aliphatic carbocycles. The fourth-order valence-electron chi connectivity index (χ4n) is 2.31. The summed E-state index contributed by atoms with van der Waals surface area (Å²) in [5.41, 5.74) is -0.168. The van der Waals surface area contributed by atoms with Crippen LogP contribution in [-0.2, 0) is 0 Å². The molecule has 0 saturated heterocycles. The van der Waals surface area contributed by atoms with E-state index in [-0.39, 0.29) is 18.2 Å². The van der Waals surface area contributed by atoms with Crippen LogP contribution < -0.4 is 5.32 Å². The Morgan fingerprint density at radius 1 is 1.31 bits per heavy atom. The molecule has 3 nitrogen and oxygen atoms in total. The molecule has 3 N–H and O–H groups in total. The third-order valence-electron chi connectivity index (χ3n) is 3.21. The molecule has 2 atom stereocenters. The van der Waals surface area contributed by atoms with Crippen molar-refractivity contribution in [2.45, 2.75) is 56.2 Å². The molecule has 2 rings (SSSR count). The second-order valence-corrected chi connectivity index (χ2v) is 4.61. The van der Waals surface area contributed by atoms with Gasteiger partial charge in [-0.05, 0) is 38.5 Å². The average Bonchev–Trinajstić information content (AvgIpc) is 2.88. The summed E-state index contributed by atoms with van der Waals surface area (Å²) >= 11 is 0. The van der Waals surface area contributed by atoms with Crippen molar-refractivity contribution in [2.75, 3.05) is 6.61 Å². The van der Waals surface area contributed by atoms with E-state index in [4.69, 9.17) is 0 Å². The van der Waals surface area contributed by atoms with E-state index in [0.29, 0.717) is 6.04 Å². The van der Waals surface area contributed by atoms with E-state index in [1.165, 1.54) is 12.8 Å². The molecule has 0 spiro atoms. The largest absolute Gasteiger partial charge is 0.394 e. The smallest absolute Gasteiger partial charge is 0.0614 e. The first kappa shape index (κ1) is 9.44. The Kier molecular flexibility index (Phi) is 2.58. The average molecular weight is 185 g/mol. The molecule has 0 aliphatic heterocycles. The Morgan fingerprint density at radius 2 is 2.08 bits per heavy atom. The molecule has 0 heterocycles. The van der Waals surface area contributed by atoms with Crippen molar-refractivity contribution in [3.05, 3.63) is 0 Å². The molecule has 0 radical (unpaired) electrons. The summed E-state index contributed by atoms with van der Waals surface area (Å²) < 4.78 is 0. The zero-order valence-corrected chi connectivity index (χ0v) is 8.00. The zero-order valence-electron chi connectivity index (χ0n) is 8.00. The van der Waals surface area contributed by atoms with Gasteiger partial charge in [0.15, 0.2) is 0 Å². The highest BCUT2D eigenvalue weighted by Gasteiger charge is 2.39. The van der Waals surface area contributed by atoms with Gasteiger partial charge in [-0.25, -0.2) is 0 Å². The number of aliphatic hydroxyl groups excluding tert-OH is 2. The van der Waals surface area contributed by atoms with Crippen molar-refractivity contribution in [1.82, 2.24) is 5.32 Å². The highest BCUT2D eigenvalue weighted by Crippen LogP contribution is 2.32. The first-order valence-electron chi connectivity index (χ1n) is 5.31. The van der Waals surface area contributed by atoms with Gasteiger partial charge in [0.2, 0.25) is 0 Å². The van der Waals surface area contributed by atoms with Gasteiger partial charge in [0, 0.05) is 11.6 Å². The van der Waals surface area contributed by atoms with Gasteiger partial charge in [-0.1, -0.05) is 0 Å². The Balaban J connectivity index is 1.94. The van der Waals surface area contributed by atoms with Crippen molar-refractivity contribution < 1.29 is 10.2 Å². The maximum atomic E-state index is 9.56. The number of aliphatic hydroxyl groups is 2. The summed E-state index contributed by atoms with van der Waals surface area (Å²) in [4.78, 5) is 0. The fraction of sp³-hybridized carbons (Fsp3) is 1.00. The van der Waals surface area contributed by atoms with Gasteiger partial charge in [0.05, 0.1) is 12.7 Å². The van der Waals surface area contributed by atoms with E-state index in [1.54, 1.807) is 0 Å².